The van der Waals surface area contributed by atoms with Crippen molar-refractivity contribution in [3.63, 3.8) is 0 Å². The molecule has 3 heterocycles. The number of rotatable bonds is 6. The number of benzene rings is 2. The summed E-state index contributed by atoms with van der Waals surface area (Å²) in [5.74, 6) is 0.715. The Bertz CT molecular complexity index is 1880. The van der Waals surface area contributed by atoms with Crippen molar-refractivity contribution in [2.75, 3.05) is 11.3 Å². The quantitative estimate of drug-likeness (QED) is 0.243. The summed E-state index contributed by atoms with van der Waals surface area (Å²) in [7, 11) is -4.17. The maximum absolute atomic E-state index is 14.4. The van der Waals surface area contributed by atoms with Crippen molar-refractivity contribution in [1.82, 2.24) is 24.8 Å². The van der Waals surface area contributed by atoms with Crippen LogP contribution in [0.25, 0.3) is 11.3 Å². The number of carbonyl (C=O) groups is 1. The lowest BCUT2D eigenvalue weighted by atomic mass is 9.87. The highest BCUT2D eigenvalue weighted by Gasteiger charge is 2.32. The average Bonchev–Trinajstić information content (AvgIpc) is 3.54. The molecule has 252 valence electrons. The van der Waals surface area contributed by atoms with Gasteiger partial charge in [-0.2, -0.15) is 4.98 Å². The first kappa shape index (κ1) is 33.3. The molecule has 4 bridgehead atoms. The largest absolute Gasteiger partial charge is 0.487 e. The predicted octanol–water partition coefficient (Wildman–Crippen LogP) is 6.51. The Morgan fingerprint density at radius 1 is 0.979 bits per heavy atom. The molecule has 48 heavy (non-hydrogen) atoms. The van der Waals surface area contributed by atoms with Crippen LogP contribution in [-0.4, -0.2) is 57.9 Å². The van der Waals surface area contributed by atoms with E-state index in [1.165, 1.54) is 12.1 Å². The number of ether oxygens (including phenoxy) is 2. The van der Waals surface area contributed by atoms with Crippen molar-refractivity contribution in [2.45, 2.75) is 90.3 Å². The number of hydrogen-bond acceptors (Lipinski definition) is 9. The molecule has 0 saturated heterocycles. The Labute approximate surface area is 282 Å². The van der Waals surface area contributed by atoms with Crippen molar-refractivity contribution in [2.24, 2.45) is 5.41 Å². The van der Waals surface area contributed by atoms with Gasteiger partial charge >= 0.3 is 0 Å². The zero-order valence-electron chi connectivity index (χ0n) is 28.1. The van der Waals surface area contributed by atoms with Gasteiger partial charge in [0.2, 0.25) is 11.8 Å². The molecule has 1 N–H and O–H groups in total. The molecule has 0 spiro atoms. The van der Waals surface area contributed by atoms with E-state index in [-0.39, 0.29) is 52.9 Å². The summed E-state index contributed by atoms with van der Waals surface area (Å²) < 4.78 is 42.2. The zero-order chi connectivity index (χ0) is 34.1. The first-order valence-electron chi connectivity index (χ1n) is 16.3. The molecule has 6 rings (SSSR count). The number of sulfonamides is 1. The molecule has 12 heteroatoms. The first-order chi connectivity index (χ1) is 22.8. The third-order valence-electron chi connectivity index (χ3n) is 8.63. The summed E-state index contributed by atoms with van der Waals surface area (Å²) in [5.41, 5.74) is 3.33. The number of aryl methyl sites for hydroxylation is 2. The maximum atomic E-state index is 14.4. The van der Waals surface area contributed by atoms with E-state index in [0.717, 1.165) is 42.4 Å². The molecule has 1 atom stereocenters. The lowest BCUT2D eigenvalue weighted by molar-refractivity contribution is 0.0505. The third kappa shape index (κ3) is 7.75. The van der Waals surface area contributed by atoms with E-state index in [2.05, 4.69) is 45.4 Å². The number of amides is 1. The topological polar surface area (TPSA) is 136 Å². The molecule has 2 aliphatic rings. The highest BCUT2D eigenvalue weighted by atomic mass is 32.2. The second-order valence-corrected chi connectivity index (χ2v) is 15.5. The fourth-order valence-corrected chi connectivity index (χ4v) is 7.37. The van der Waals surface area contributed by atoms with E-state index in [1.807, 2.05) is 32.0 Å². The van der Waals surface area contributed by atoms with Crippen LogP contribution in [0.5, 0.6) is 11.6 Å². The Morgan fingerprint density at radius 2 is 1.67 bits per heavy atom. The monoisotopic (exact) mass is 670 g/mol. The molecule has 4 aromatic rings. The van der Waals surface area contributed by atoms with Gasteiger partial charge in [0, 0.05) is 17.2 Å². The highest BCUT2D eigenvalue weighted by molar-refractivity contribution is 7.92. The maximum Gasteiger partial charge on any atom is 0.264 e. The van der Waals surface area contributed by atoms with Crippen LogP contribution < -0.4 is 14.2 Å². The first-order valence-corrected chi connectivity index (χ1v) is 17.8. The normalized spacial score (nSPS) is 18.2. The minimum atomic E-state index is -4.17. The second kappa shape index (κ2) is 13.5. The Kier molecular flexibility index (Phi) is 9.37. The van der Waals surface area contributed by atoms with Gasteiger partial charge in [-0.1, -0.05) is 45.0 Å². The van der Waals surface area contributed by atoms with Crippen LogP contribution in [0.1, 0.15) is 80.2 Å². The summed E-state index contributed by atoms with van der Waals surface area (Å²) in [6, 6.07) is 13.1. The number of anilines is 1. The number of nitrogens with zero attached hydrogens (tertiary/aromatic N) is 5. The molecular formula is C36H42N6O5S. The number of nitrogens with one attached hydrogen (secondary N) is 1. The molecule has 11 nitrogen and oxygen atoms in total. The van der Waals surface area contributed by atoms with Crippen LogP contribution >= 0.6 is 0 Å². The van der Waals surface area contributed by atoms with Gasteiger partial charge in [0.25, 0.3) is 15.9 Å². The van der Waals surface area contributed by atoms with Crippen molar-refractivity contribution >= 4 is 21.9 Å². The van der Waals surface area contributed by atoms with Crippen LogP contribution in [0.2, 0.25) is 0 Å². The molecule has 1 amide bonds. The van der Waals surface area contributed by atoms with Gasteiger partial charge < -0.3 is 14.4 Å². The van der Waals surface area contributed by atoms with Crippen molar-refractivity contribution in [3.8, 4) is 22.9 Å². The smallest absolute Gasteiger partial charge is 0.264 e. The fourth-order valence-electron chi connectivity index (χ4n) is 6.38. The highest BCUT2D eigenvalue weighted by Crippen LogP contribution is 2.32. The molecule has 2 aromatic carbocycles. The van der Waals surface area contributed by atoms with E-state index < -0.39 is 16.1 Å². The van der Waals surface area contributed by atoms with Crippen LogP contribution in [0.15, 0.2) is 65.8 Å². The lowest BCUT2D eigenvalue weighted by Crippen LogP contribution is -2.45. The standard InChI is InChI=1S/C36H42N6O5S/c1-23-10-8-11-24(2)33(23)30-17-32-40-35(39-30)41-48(44,45)29-15-9-12-25(16-29)34(43)42(26(22-46-32)18-36(3,4)5)21-31-37-19-28(20-38-31)47-27-13-6-7-14-27/h8-12,15-17,19-20,26-27H,6-7,13-14,18,21-22H2,1-5H3,(H,39,40,41)/t26-/m1/s1. The zero-order valence-corrected chi connectivity index (χ0v) is 28.9. The van der Waals surface area contributed by atoms with Gasteiger partial charge in [0.05, 0.1) is 41.7 Å². The van der Waals surface area contributed by atoms with E-state index in [1.54, 1.807) is 35.5 Å². The summed E-state index contributed by atoms with van der Waals surface area (Å²) in [6.07, 6.45) is 8.38. The number of aromatic nitrogens is 4. The Hall–Kier alpha value is -4.58. The minimum Gasteiger partial charge on any atom is -0.487 e. The van der Waals surface area contributed by atoms with E-state index >= 15 is 0 Å². The molecule has 0 unspecified atom stereocenters. The molecule has 1 saturated carbocycles. The summed E-state index contributed by atoms with van der Waals surface area (Å²) in [6.45, 7) is 10.4. The SMILES string of the molecule is Cc1cccc(C)c1-c1cc2nc(n1)NS(=O)(=O)c1cccc(c1)C(=O)N(Cc1ncc(OC3CCCC3)cn1)[C@H](CC(C)(C)C)CO2. The molecule has 0 radical (unpaired) electrons. The van der Waals surface area contributed by atoms with Crippen LogP contribution in [-0.2, 0) is 16.6 Å². The van der Waals surface area contributed by atoms with Crippen LogP contribution in [0, 0.1) is 19.3 Å². The Morgan fingerprint density at radius 3 is 2.35 bits per heavy atom. The van der Waals surface area contributed by atoms with E-state index in [9.17, 15) is 13.2 Å². The second-order valence-electron chi connectivity index (χ2n) is 13.8. The van der Waals surface area contributed by atoms with E-state index in [0.29, 0.717) is 23.7 Å². The molecule has 2 aromatic heterocycles. The summed E-state index contributed by atoms with van der Waals surface area (Å²) in [4.78, 5) is 34.1. The lowest BCUT2D eigenvalue weighted by Gasteiger charge is -2.35. The van der Waals surface area contributed by atoms with Gasteiger partial charge in [-0.25, -0.2) is 28.1 Å². The number of hydrogen-bond donors (Lipinski definition) is 1. The predicted molar refractivity (Wildman–Crippen MR) is 182 cm³/mol. The summed E-state index contributed by atoms with van der Waals surface area (Å²) in [5, 5.41) is 0. The number of carbonyl (C=O) groups excluding carboxylic acids is 1. The molecule has 1 aliphatic carbocycles. The van der Waals surface area contributed by atoms with Gasteiger partial charge in [-0.3, -0.25) is 4.79 Å². The average molecular weight is 671 g/mol. The molecule has 1 fully saturated rings. The Balaban J connectivity index is 1.42. The van der Waals surface area contributed by atoms with Gasteiger partial charge in [0.1, 0.15) is 12.4 Å². The van der Waals surface area contributed by atoms with Crippen molar-refractivity contribution in [1.29, 1.82) is 0 Å². The summed E-state index contributed by atoms with van der Waals surface area (Å²) >= 11 is 0. The van der Waals surface area contributed by atoms with E-state index in [4.69, 9.17) is 9.47 Å². The number of fused-ring (bicyclic) bond motifs is 4. The van der Waals surface area contributed by atoms with Crippen molar-refractivity contribution in [3.05, 3.63) is 83.4 Å². The minimum absolute atomic E-state index is 0.0740. The molecular weight excluding hydrogens is 629 g/mol. The van der Waals surface area contributed by atoms with Crippen LogP contribution in [0.3, 0.4) is 0 Å². The van der Waals surface area contributed by atoms with Gasteiger partial charge in [-0.05, 0) is 80.7 Å². The van der Waals surface area contributed by atoms with Crippen molar-refractivity contribution < 1.29 is 22.7 Å². The van der Waals surface area contributed by atoms with Crippen LogP contribution in [0.4, 0.5) is 5.95 Å². The van der Waals surface area contributed by atoms with Gasteiger partial charge in [-0.15, -0.1) is 0 Å². The molecule has 1 aliphatic heterocycles. The third-order valence-corrected chi connectivity index (χ3v) is 9.95. The fraction of sp³-hybridized carbons (Fsp3) is 0.417. The van der Waals surface area contributed by atoms with Gasteiger partial charge in [0.15, 0.2) is 5.75 Å².